The fourth-order valence-corrected chi connectivity index (χ4v) is 2.79. The third-order valence-corrected chi connectivity index (χ3v) is 4.03. The second-order valence-electron chi connectivity index (χ2n) is 5.43. The average Bonchev–Trinajstić information content (AvgIpc) is 3.04. The second-order valence-corrected chi connectivity index (χ2v) is 6.49. The van der Waals surface area contributed by atoms with Gasteiger partial charge in [-0.25, -0.2) is 5.43 Å². The molecule has 3 N–H and O–H groups in total. The van der Waals surface area contributed by atoms with Gasteiger partial charge < -0.3 is 15.2 Å². The minimum atomic E-state index is -0.371. The van der Waals surface area contributed by atoms with E-state index in [-0.39, 0.29) is 24.0 Å². The maximum atomic E-state index is 11.9. The van der Waals surface area contributed by atoms with Crippen LogP contribution in [-0.2, 0) is 16.0 Å². The Bertz CT molecular complexity index is 821. The Morgan fingerprint density at radius 2 is 2.11 bits per heavy atom. The van der Waals surface area contributed by atoms with Gasteiger partial charge in [0.2, 0.25) is 16.9 Å². The first-order valence-corrected chi connectivity index (χ1v) is 9.23. The molecule has 0 aliphatic heterocycles. The van der Waals surface area contributed by atoms with Gasteiger partial charge in [-0.2, -0.15) is 5.10 Å². The molecule has 1 heterocycles. The highest BCUT2D eigenvalue weighted by Gasteiger charge is 2.11. The van der Waals surface area contributed by atoms with Crippen molar-refractivity contribution < 1.29 is 19.4 Å². The molecule has 2 rings (SSSR count). The van der Waals surface area contributed by atoms with Gasteiger partial charge in [-0.1, -0.05) is 18.3 Å². The van der Waals surface area contributed by atoms with Gasteiger partial charge >= 0.3 is 0 Å². The minimum Gasteiger partial charge on any atom is -0.504 e. The summed E-state index contributed by atoms with van der Waals surface area (Å²) < 4.78 is 5.24. The lowest BCUT2D eigenvalue weighted by Crippen LogP contribution is -2.19. The third-order valence-electron chi connectivity index (χ3n) is 3.19. The van der Waals surface area contributed by atoms with E-state index < -0.39 is 0 Å². The second kappa shape index (κ2) is 10.2. The summed E-state index contributed by atoms with van der Waals surface area (Å²) in [4.78, 5) is 23.4. The molecule has 0 unspecified atom stereocenters. The number of benzene rings is 1. The molecule has 0 atom stereocenters. The number of hydrazone groups is 1. The third kappa shape index (κ3) is 6.66. The normalized spacial score (nSPS) is 10.7. The van der Waals surface area contributed by atoms with Crippen LogP contribution in [0.4, 0.5) is 5.13 Å². The van der Waals surface area contributed by atoms with E-state index in [4.69, 9.17) is 4.74 Å². The van der Waals surface area contributed by atoms with E-state index in [1.165, 1.54) is 12.3 Å². The zero-order chi connectivity index (χ0) is 19.6. The van der Waals surface area contributed by atoms with Crippen LogP contribution in [-0.4, -0.2) is 39.9 Å². The molecule has 1 aromatic heterocycles. The number of carbonyl (C=O) groups excluding carboxylic acids is 2. The molecule has 27 heavy (non-hydrogen) atoms. The molecular formula is C17H21N5O4S. The largest absolute Gasteiger partial charge is 0.504 e. The molecule has 10 heteroatoms. The minimum absolute atomic E-state index is 0.00126. The van der Waals surface area contributed by atoms with Crippen LogP contribution in [0.5, 0.6) is 11.5 Å². The summed E-state index contributed by atoms with van der Waals surface area (Å²) >= 11 is 1.14. The molecule has 144 valence electrons. The van der Waals surface area contributed by atoms with Crippen LogP contribution in [0.3, 0.4) is 0 Å². The Balaban J connectivity index is 1.84. The van der Waals surface area contributed by atoms with E-state index >= 15 is 0 Å². The fraction of sp³-hybridized carbons (Fsp3) is 0.353. The molecule has 0 aliphatic carbocycles. The first kappa shape index (κ1) is 20.3. The number of nitrogens with one attached hydrogen (secondary N) is 2. The maximum absolute atomic E-state index is 11.9. The summed E-state index contributed by atoms with van der Waals surface area (Å²) in [5.41, 5.74) is 2.98. The topological polar surface area (TPSA) is 126 Å². The number of phenolic OH excluding ortho intramolecular Hbond substituents is 1. The van der Waals surface area contributed by atoms with Crippen molar-refractivity contribution in [1.82, 2.24) is 15.6 Å². The van der Waals surface area contributed by atoms with Crippen molar-refractivity contribution in [2.24, 2.45) is 5.10 Å². The summed E-state index contributed by atoms with van der Waals surface area (Å²) in [5, 5.41) is 24.8. The van der Waals surface area contributed by atoms with Crippen LogP contribution in [0, 0.1) is 0 Å². The van der Waals surface area contributed by atoms with Gasteiger partial charge in [0.1, 0.15) is 5.01 Å². The van der Waals surface area contributed by atoms with Crippen LogP contribution < -0.4 is 15.5 Å². The van der Waals surface area contributed by atoms with Crippen molar-refractivity contribution >= 4 is 34.5 Å². The van der Waals surface area contributed by atoms with E-state index in [2.05, 4.69) is 26.0 Å². The van der Waals surface area contributed by atoms with E-state index in [1.807, 2.05) is 13.8 Å². The number of amides is 2. The van der Waals surface area contributed by atoms with Crippen molar-refractivity contribution in [3.05, 3.63) is 28.8 Å². The number of nitrogens with zero attached hydrogens (tertiary/aromatic N) is 3. The van der Waals surface area contributed by atoms with Gasteiger partial charge in [-0.15, -0.1) is 10.2 Å². The number of rotatable bonds is 9. The Kier molecular flexibility index (Phi) is 7.68. The Morgan fingerprint density at radius 1 is 1.30 bits per heavy atom. The quantitative estimate of drug-likeness (QED) is 0.444. The number of aromatic nitrogens is 2. The molecule has 9 nitrogen and oxygen atoms in total. The van der Waals surface area contributed by atoms with Gasteiger partial charge in [-0.3, -0.25) is 9.59 Å². The number of carbonyl (C=O) groups is 2. The van der Waals surface area contributed by atoms with Gasteiger partial charge in [0.25, 0.3) is 0 Å². The summed E-state index contributed by atoms with van der Waals surface area (Å²) in [7, 11) is 0. The maximum Gasteiger partial charge on any atom is 0.247 e. The molecule has 0 fully saturated rings. The van der Waals surface area contributed by atoms with Gasteiger partial charge in [-0.05, 0) is 37.1 Å². The lowest BCUT2D eigenvalue weighted by atomic mass is 10.2. The van der Waals surface area contributed by atoms with Crippen molar-refractivity contribution in [2.75, 3.05) is 11.9 Å². The lowest BCUT2D eigenvalue weighted by Gasteiger charge is -2.05. The first-order valence-electron chi connectivity index (χ1n) is 8.41. The van der Waals surface area contributed by atoms with Crippen LogP contribution in [0.25, 0.3) is 0 Å². The molecule has 0 saturated carbocycles. The van der Waals surface area contributed by atoms with E-state index in [1.54, 1.807) is 12.1 Å². The molecular weight excluding hydrogens is 370 g/mol. The van der Waals surface area contributed by atoms with Crippen molar-refractivity contribution in [2.45, 2.75) is 33.1 Å². The molecule has 0 radical (unpaired) electrons. The predicted molar refractivity (Wildman–Crippen MR) is 102 cm³/mol. The Hall–Kier alpha value is -3.01. The lowest BCUT2D eigenvalue weighted by molar-refractivity contribution is -0.120. The van der Waals surface area contributed by atoms with Gasteiger partial charge in [0.15, 0.2) is 11.5 Å². The van der Waals surface area contributed by atoms with E-state index in [0.717, 1.165) is 17.8 Å². The Morgan fingerprint density at radius 3 is 2.81 bits per heavy atom. The predicted octanol–water partition coefficient (Wildman–Crippen LogP) is 2.07. The standard InChI is InChI=1S/C17H21N5O4S/c1-3-5-14(24)19-17-22-21-16(27-17)9-15(25)20-18-10-11-6-7-13(26-4-2)12(23)8-11/h6-8,10,23H,3-5,9H2,1-2H3,(H,20,25)(H,19,22,24)/b18-10+. The zero-order valence-corrected chi connectivity index (χ0v) is 15.9. The number of anilines is 1. The molecule has 1 aromatic carbocycles. The highest BCUT2D eigenvalue weighted by molar-refractivity contribution is 7.15. The number of ether oxygens (including phenoxy) is 1. The SMILES string of the molecule is CCCC(=O)Nc1nnc(CC(=O)N/N=C/c2ccc(OCC)c(O)c2)s1. The van der Waals surface area contributed by atoms with Crippen LogP contribution in [0.1, 0.15) is 37.3 Å². The Labute approximate surface area is 160 Å². The van der Waals surface area contributed by atoms with Crippen LogP contribution >= 0.6 is 11.3 Å². The fourth-order valence-electron chi connectivity index (χ4n) is 2.03. The smallest absolute Gasteiger partial charge is 0.247 e. The molecule has 0 aliphatic rings. The van der Waals surface area contributed by atoms with Crippen molar-refractivity contribution in [3.63, 3.8) is 0 Å². The number of phenols is 1. The summed E-state index contributed by atoms with van der Waals surface area (Å²) in [5.74, 6) is -0.118. The molecule has 0 saturated heterocycles. The van der Waals surface area contributed by atoms with Crippen molar-refractivity contribution in [1.29, 1.82) is 0 Å². The highest BCUT2D eigenvalue weighted by Crippen LogP contribution is 2.26. The highest BCUT2D eigenvalue weighted by atomic mass is 32.1. The molecule has 2 amide bonds. The average molecular weight is 391 g/mol. The monoisotopic (exact) mass is 391 g/mol. The van der Waals surface area contributed by atoms with E-state index in [0.29, 0.717) is 34.5 Å². The van der Waals surface area contributed by atoms with Crippen LogP contribution in [0.15, 0.2) is 23.3 Å². The summed E-state index contributed by atoms with van der Waals surface area (Å²) in [6.07, 6.45) is 2.55. The molecule has 0 bridgehead atoms. The number of aromatic hydroxyl groups is 1. The summed E-state index contributed by atoms with van der Waals surface area (Å²) in [6.45, 7) is 4.18. The first-order chi connectivity index (χ1) is 13.0. The number of hydrogen-bond donors (Lipinski definition) is 3. The zero-order valence-electron chi connectivity index (χ0n) is 15.1. The van der Waals surface area contributed by atoms with Gasteiger partial charge in [0, 0.05) is 6.42 Å². The molecule has 0 spiro atoms. The van der Waals surface area contributed by atoms with Crippen molar-refractivity contribution in [3.8, 4) is 11.5 Å². The summed E-state index contributed by atoms with van der Waals surface area (Å²) in [6, 6.07) is 4.81. The van der Waals surface area contributed by atoms with Gasteiger partial charge in [0.05, 0.1) is 19.2 Å². The molecule has 2 aromatic rings. The van der Waals surface area contributed by atoms with Crippen LogP contribution in [0.2, 0.25) is 0 Å². The number of hydrogen-bond acceptors (Lipinski definition) is 8. The van der Waals surface area contributed by atoms with E-state index in [9.17, 15) is 14.7 Å².